The normalized spacial score (nSPS) is 19.5. The first kappa shape index (κ1) is 15.5. The fraction of sp³-hybridized carbons (Fsp3) is 0.368. The lowest BCUT2D eigenvalue weighted by molar-refractivity contribution is -0.136. The minimum atomic E-state index is -0.305. The molecule has 0 radical (unpaired) electrons. The molecule has 0 aliphatic carbocycles. The molecule has 1 heterocycles. The number of carbonyl (C=O) groups is 2. The molecule has 120 valence electrons. The van der Waals surface area contributed by atoms with Gasteiger partial charge in [0.1, 0.15) is 0 Å². The number of hydrogen-bond donors (Lipinski definition) is 1. The Morgan fingerprint density at radius 1 is 1.17 bits per heavy atom. The molecule has 0 spiro atoms. The molecule has 4 nitrogen and oxygen atoms in total. The van der Waals surface area contributed by atoms with E-state index in [1.165, 1.54) is 5.39 Å². The molecule has 2 atom stereocenters. The number of nitrogens with zero attached hydrogens (tertiary/aromatic N) is 1. The maximum absolute atomic E-state index is 12.8. The highest BCUT2D eigenvalue weighted by Crippen LogP contribution is 2.25. The number of amides is 2. The summed E-state index contributed by atoms with van der Waals surface area (Å²) in [6, 6.07) is 14.3. The van der Waals surface area contributed by atoms with E-state index in [4.69, 9.17) is 5.73 Å². The summed E-state index contributed by atoms with van der Waals surface area (Å²) in [5.74, 6) is -0.658. The first-order valence-electron chi connectivity index (χ1n) is 8.13. The maximum Gasteiger partial charge on any atom is 0.229 e. The van der Waals surface area contributed by atoms with E-state index in [-0.39, 0.29) is 23.7 Å². The second-order valence-corrected chi connectivity index (χ2v) is 6.35. The molecule has 23 heavy (non-hydrogen) atoms. The second-order valence-electron chi connectivity index (χ2n) is 6.35. The Labute approximate surface area is 136 Å². The van der Waals surface area contributed by atoms with Crippen LogP contribution in [0.1, 0.15) is 31.2 Å². The van der Waals surface area contributed by atoms with Crippen LogP contribution in [0.4, 0.5) is 0 Å². The Bertz CT molecular complexity index is 741. The number of hydrogen-bond acceptors (Lipinski definition) is 2. The number of piperidine rings is 1. The van der Waals surface area contributed by atoms with Crippen molar-refractivity contribution in [1.29, 1.82) is 0 Å². The molecule has 0 aromatic heterocycles. The summed E-state index contributed by atoms with van der Waals surface area (Å²) in [5, 5.41) is 2.31. The van der Waals surface area contributed by atoms with Crippen molar-refractivity contribution in [3.05, 3.63) is 48.0 Å². The summed E-state index contributed by atoms with van der Waals surface area (Å²) < 4.78 is 0. The van der Waals surface area contributed by atoms with E-state index in [0.717, 1.165) is 23.8 Å². The molecule has 0 saturated carbocycles. The van der Waals surface area contributed by atoms with Gasteiger partial charge in [-0.1, -0.05) is 42.5 Å². The van der Waals surface area contributed by atoms with Crippen molar-refractivity contribution in [1.82, 2.24) is 4.90 Å². The molecule has 1 aliphatic rings. The van der Waals surface area contributed by atoms with Crippen molar-refractivity contribution >= 4 is 22.6 Å². The molecule has 2 aromatic carbocycles. The molecule has 1 unspecified atom stereocenters. The molecule has 4 heteroatoms. The zero-order valence-electron chi connectivity index (χ0n) is 13.4. The van der Waals surface area contributed by atoms with Crippen LogP contribution in [-0.2, 0) is 9.59 Å². The number of carbonyl (C=O) groups excluding carboxylic acids is 2. The minimum absolute atomic E-state index is 0.0752. The smallest absolute Gasteiger partial charge is 0.229 e. The van der Waals surface area contributed by atoms with Crippen molar-refractivity contribution in [2.24, 2.45) is 11.7 Å². The van der Waals surface area contributed by atoms with Crippen LogP contribution >= 0.6 is 0 Å². The molecule has 2 aromatic rings. The van der Waals surface area contributed by atoms with Gasteiger partial charge in [-0.15, -0.1) is 0 Å². The number of likely N-dealkylation sites (tertiary alicyclic amines) is 1. The Hall–Kier alpha value is -2.36. The summed E-state index contributed by atoms with van der Waals surface area (Å²) in [4.78, 5) is 26.0. The van der Waals surface area contributed by atoms with Crippen LogP contribution in [0, 0.1) is 5.92 Å². The topological polar surface area (TPSA) is 63.4 Å². The van der Waals surface area contributed by atoms with Crippen LogP contribution in [0.25, 0.3) is 10.8 Å². The molecular weight excluding hydrogens is 288 g/mol. The zero-order chi connectivity index (χ0) is 16.4. The fourth-order valence-corrected chi connectivity index (χ4v) is 3.30. The molecule has 2 amide bonds. The standard InChI is InChI=1S/C19H22N2O2/c1-13(15-9-8-14-5-2-3-6-16(14)11-15)19(23)21-10-4-7-17(12-21)18(20)22/h2-3,5-6,8-9,11,13,17H,4,7,10,12H2,1H3,(H2,20,22)/t13?,17-/m0/s1. The highest BCUT2D eigenvalue weighted by Gasteiger charge is 2.29. The van der Waals surface area contributed by atoms with Crippen LogP contribution in [0.3, 0.4) is 0 Å². The van der Waals surface area contributed by atoms with E-state index in [9.17, 15) is 9.59 Å². The average molecular weight is 310 g/mol. The summed E-state index contributed by atoms with van der Waals surface area (Å²) in [6.07, 6.45) is 1.62. The number of nitrogens with two attached hydrogens (primary N) is 1. The predicted octanol–water partition coefficient (Wildman–Crippen LogP) is 2.67. The lowest BCUT2D eigenvalue weighted by Crippen LogP contribution is -2.45. The Morgan fingerprint density at radius 3 is 2.65 bits per heavy atom. The van der Waals surface area contributed by atoms with Gasteiger partial charge in [0.05, 0.1) is 11.8 Å². The van der Waals surface area contributed by atoms with Gasteiger partial charge >= 0.3 is 0 Å². The summed E-state index contributed by atoms with van der Waals surface area (Å²) in [7, 11) is 0. The van der Waals surface area contributed by atoms with Crippen LogP contribution in [0.15, 0.2) is 42.5 Å². The van der Waals surface area contributed by atoms with E-state index in [1.807, 2.05) is 25.1 Å². The number of benzene rings is 2. The Kier molecular flexibility index (Phi) is 4.33. The first-order chi connectivity index (χ1) is 11.1. The number of fused-ring (bicyclic) bond motifs is 1. The van der Waals surface area contributed by atoms with Gasteiger partial charge in [0.2, 0.25) is 11.8 Å². The van der Waals surface area contributed by atoms with E-state index in [2.05, 4.69) is 24.3 Å². The molecule has 3 rings (SSSR count). The Balaban J connectivity index is 1.79. The summed E-state index contributed by atoms with van der Waals surface area (Å²) in [6.45, 7) is 3.09. The van der Waals surface area contributed by atoms with Gasteiger partial charge in [-0.25, -0.2) is 0 Å². The number of rotatable bonds is 3. The third kappa shape index (κ3) is 3.21. The largest absolute Gasteiger partial charge is 0.369 e. The van der Waals surface area contributed by atoms with E-state index in [1.54, 1.807) is 4.90 Å². The van der Waals surface area contributed by atoms with Crippen molar-refractivity contribution in [3.63, 3.8) is 0 Å². The van der Waals surface area contributed by atoms with Gasteiger partial charge in [-0.2, -0.15) is 0 Å². The predicted molar refractivity (Wildman–Crippen MR) is 90.9 cm³/mol. The maximum atomic E-state index is 12.8. The molecule has 0 bridgehead atoms. The average Bonchev–Trinajstić information content (AvgIpc) is 2.60. The van der Waals surface area contributed by atoms with Gasteiger partial charge in [0.15, 0.2) is 0 Å². The quantitative estimate of drug-likeness (QED) is 0.947. The highest BCUT2D eigenvalue weighted by atomic mass is 16.2. The van der Waals surface area contributed by atoms with E-state index in [0.29, 0.717) is 13.1 Å². The summed E-state index contributed by atoms with van der Waals surface area (Å²) in [5.41, 5.74) is 6.41. The Morgan fingerprint density at radius 2 is 1.91 bits per heavy atom. The third-order valence-electron chi connectivity index (χ3n) is 4.78. The fourth-order valence-electron chi connectivity index (χ4n) is 3.30. The zero-order valence-corrected chi connectivity index (χ0v) is 13.4. The molecule has 1 fully saturated rings. The van der Waals surface area contributed by atoms with Crippen LogP contribution in [-0.4, -0.2) is 29.8 Å². The third-order valence-corrected chi connectivity index (χ3v) is 4.78. The van der Waals surface area contributed by atoms with Gasteiger partial charge in [0, 0.05) is 13.1 Å². The molecule has 2 N–H and O–H groups in total. The van der Waals surface area contributed by atoms with Gasteiger partial charge in [-0.3, -0.25) is 9.59 Å². The van der Waals surface area contributed by atoms with Gasteiger partial charge in [0.25, 0.3) is 0 Å². The molecular formula is C19H22N2O2. The number of primary amides is 1. The summed E-state index contributed by atoms with van der Waals surface area (Å²) >= 11 is 0. The first-order valence-corrected chi connectivity index (χ1v) is 8.13. The highest BCUT2D eigenvalue weighted by molar-refractivity contribution is 5.88. The van der Waals surface area contributed by atoms with Gasteiger partial charge in [-0.05, 0) is 36.1 Å². The van der Waals surface area contributed by atoms with Crippen molar-refractivity contribution in [3.8, 4) is 0 Å². The second kappa shape index (κ2) is 6.41. The SMILES string of the molecule is CC(C(=O)N1CCC[C@H](C(N)=O)C1)c1ccc2ccccc2c1. The van der Waals surface area contributed by atoms with E-state index < -0.39 is 0 Å². The van der Waals surface area contributed by atoms with Gasteiger partial charge < -0.3 is 10.6 Å². The molecule has 1 aliphatic heterocycles. The van der Waals surface area contributed by atoms with Crippen molar-refractivity contribution in [2.75, 3.05) is 13.1 Å². The van der Waals surface area contributed by atoms with Crippen molar-refractivity contribution in [2.45, 2.75) is 25.7 Å². The monoisotopic (exact) mass is 310 g/mol. The van der Waals surface area contributed by atoms with Crippen LogP contribution in [0.5, 0.6) is 0 Å². The van der Waals surface area contributed by atoms with E-state index >= 15 is 0 Å². The van der Waals surface area contributed by atoms with Crippen molar-refractivity contribution < 1.29 is 9.59 Å². The molecule has 1 saturated heterocycles. The van der Waals surface area contributed by atoms with Crippen LogP contribution in [0.2, 0.25) is 0 Å². The lowest BCUT2D eigenvalue weighted by Gasteiger charge is -2.33. The minimum Gasteiger partial charge on any atom is -0.369 e. The van der Waals surface area contributed by atoms with Crippen LogP contribution < -0.4 is 5.73 Å². The lowest BCUT2D eigenvalue weighted by atomic mass is 9.93.